The van der Waals surface area contributed by atoms with Gasteiger partial charge in [0.15, 0.2) is 5.69 Å². The first-order valence-corrected chi connectivity index (χ1v) is 8.59. The van der Waals surface area contributed by atoms with Crippen molar-refractivity contribution >= 4 is 34.8 Å². The van der Waals surface area contributed by atoms with E-state index in [0.29, 0.717) is 6.54 Å². The van der Waals surface area contributed by atoms with E-state index >= 15 is 0 Å². The highest BCUT2D eigenvalue weighted by Crippen LogP contribution is 2.26. The molecule has 27 heavy (non-hydrogen) atoms. The van der Waals surface area contributed by atoms with Crippen LogP contribution in [-0.4, -0.2) is 40.5 Å². The molecule has 142 valence electrons. The van der Waals surface area contributed by atoms with Gasteiger partial charge in [0.1, 0.15) is 5.82 Å². The van der Waals surface area contributed by atoms with E-state index in [-0.39, 0.29) is 34.1 Å². The summed E-state index contributed by atoms with van der Waals surface area (Å²) in [5.74, 6) is -1.50. The molecule has 2 aromatic rings. The van der Waals surface area contributed by atoms with Crippen LogP contribution in [0.4, 0.5) is 10.1 Å². The van der Waals surface area contributed by atoms with Gasteiger partial charge in [0, 0.05) is 26.2 Å². The molecular formula is C17H17ClFN5O3. The molecule has 0 saturated carbocycles. The number of anilines is 1. The number of carbonyl (C=O) groups is 2. The summed E-state index contributed by atoms with van der Waals surface area (Å²) in [6.45, 7) is 2.38. The van der Waals surface area contributed by atoms with E-state index in [0.717, 1.165) is 0 Å². The van der Waals surface area contributed by atoms with Crippen LogP contribution >= 0.6 is 11.6 Å². The maximum absolute atomic E-state index is 14.0. The number of aromatic nitrogens is 2. The van der Waals surface area contributed by atoms with Crippen molar-refractivity contribution in [3.8, 4) is 0 Å². The average molecular weight is 394 g/mol. The van der Waals surface area contributed by atoms with Gasteiger partial charge in [0.25, 0.3) is 11.8 Å². The van der Waals surface area contributed by atoms with Crippen LogP contribution in [-0.2, 0) is 16.2 Å². The van der Waals surface area contributed by atoms with E-state index in [2.05, 4.69) is 20.9 Å². The van der Waals surface area contributed by atoms with E-state index in [9.17, 15) is 14.0 Å². The minimum absolute atomic E-state index is 0.0453. The number of rotatable bonds is 5. The van der Waals surface area contributed by atoms with Gasteiger partial charge in [-0.2, -0.15) is 5.10 Å². The summed E-state index contributed by atoms with van der Waals surface area (Å²) in [7, 11) is 1.47. The molecule has 10 heteroatoms. The number of aryl methyl sites for hydroxylation is 1. The quantitative estimate of drug-likeness (QED) is 0.813. The molecule has 0 aliphatic carbocycles. The van der Waals surface area contributed by atoms with E-state index in [1.165, 1.54) is 29.9 Å². The van der Waals surface area contributed by atoms with Crippen LogP contribution in [0.25, 0.3) is 0 Å². The molecule has 2 heterocycles. The van der Waals surface area contributed by atoms with E-state index in [4.69, 9.17) is 16.4 Å². The molecule has 2 N–H and O–H groups in total. The van der Waals surface area contributed by atoms with Crippen LogP contribution in [0.15, 0.2) is 29.6 Å². The second-order valence-corrected chi connectivity index (χ2v) is 6.16. The van der Waals surface area contributed by atoms with E-state index < -0.39 is 23.7 Å². The minimum atomic E-state index is -0.974. The lowest BCUT2D eigenvalue weighted by Crippen LogP contribution is -2.29. The summed E-state index contributed by atoms with van der Waals surface area (Å²) in [5.41, 5.74) is 0.694. The fourth-order valence-corrected chi connectivity index (χ4v) is 2.89. The zero-order valence-corrected chi connectivity index (χ0v) is 15.4. The Morgan fingerprint density at radius 1 is 1.44 bits per heavy atom. The van der Waals surface area contributed by atoms with Gasteiger partial charge >= 0.3 is 0 Å². The second kappa shape index (κ2) is 7.75. The van der Waals surface area contributed by atoms with Crippen molar-refractivity contribution in [1.29, 1.82) is 0 Å². The van der Waals surface area contributed by atoms with Crippen molar-refractivity contribution in [1.82, 2.24) is 15.1 Å². The van der Waals surface area contributed by atoms with Crippen LogP contribution in [0.2, 0.25) is 5.02 Å². The number of nitrogens with zero attached hydrogens (tertiary/aromatic N) is 3. The second-order valence-electron chi connectivity index (χ2n) is 5.75. The number of oxime groups is 1. The Morgan fingerprint density at radius 2 is 2.22 bits per heavy atom. The van der Waals surface area contributed by atoms with Crippen molar-refractivity contribution in [2.75, 3.05) is 12.4 Å². The molecule has 3 rings (SSSR count). The lowest BCUT2D eigenvalue weighted by Gasteiger charge is -2.09. The Hall–Kier alpha value is -2.94. The summed E-state index contributed by atoms with van der Waals surface area (Å²) >= 11 is 6.02. The fraction of sp³-hybridized carbons (Fsp3) is 0.294. The van der Waals surface area contributed by atoms with Gasteiger partial charge in [-0.3, -0.25) is 14.3 Å². The number of amides is 2. The van der Waals surface area contributed by atoms with Gasteiger partial charge < -0.3 is 15.5 Å². The van der Waals surface area contributed by atoms with E-state index in [1.54, 1.807) is 6.20 Å². The van der Waals surface area contributed by atoms with Gasteiger partial charge in [0.2, 0.25) is 6.10 Å². The molecule has 0 saturated heterocycles. The molecule has 8 nitrogen and oxygen atoms in total. The summed E-state index contributed by atoms with van der Waals surface area (Å²) in [5, 5.41) is 13.2. The highest BCUT2D eigenvalue weighted by atomic mass is 35.5. The monoisotopic (exact) mass is 393 g/mol. The number of carbonyl (C=O) groups excluding carboxylic acids is 2. The predicted molar refractivity (Wildman–Crippen MR) is 97.4 cm³/mol. The summed E-state index contributed by atoms with van der Waals surface area (Å²) in [6, 6.07) is 4.27. The molecule has 1 unspecified atom stereocenters. The zero-order valence-electron chi connectivity index (χ0n) is 14.6. The third-order valence-electron chi connectivity index (χ3n) is 4.00. The molecule has 0 spiro atoms. The van der Waals surface area contributed by atoms with Crippen molar-refractivity contribution in [3.63, 3.8) is 0 Å². The zero-order chi connectivity index (χ0) is 19.6. The van der Waals surface area contributed by atoms with Gasteiger partial charge in [0.05, 0.1) is 22.0 Å². The standard InChI is InChI=1S/C17H17ClFN5O3/c1-3-24-8-12(15(22-24)17(26)20-2)21-16(25)13-7-11(23-27-13)14-9(18)5-4-6-10(14)19/h4-6,8,13H,3,7H2,1-2H3,(H,20,26)(H,21,25). The number of hydrogen-bond acceptors (Lipinski definition) is 5. The molecule has 1 atom stereocenters. The summed E-state index contributed by atoms with van der Waals surface area (Å²) in [6.07, 6.45) is 0.620. The Labute approximate surface area is 159 Å². The minimum Gasteiger partial charge on any atom is -0.382 e. The third-order valence-corrected chi connectivity index (χ3v) is 4.31. The van der Waals surface area contributed by atoms with Crippen molar-refractivity contribution in [2.45, 2.75) is 26.0 Å². The van der Waals surface area contributed by atoms with Crippen molar-refractivity contribution < 1.29 is 18.8 Å². The van der Waals surface area contributed by atoms with Crippen LogP contribution in [0.1, 0.15) is 29.4 Å². The molecule has 1 aliphatic rings. The fourth-order valence-electron chi connectivity index (χ4n) is 2.61. The van der Waals surface area contributed by atoms with Gasteiger partial charge in [-0.1, -0.05) is 22.8 Å². The van der Waals surface area contributed by atoms with Crippen molar-refractivity contribution in [2.24, 2.45) is 5.16 Å². The summed E-state index contributed by atoms with van der Waals surface area (Å²) in [4.78, 5) is 29.6. The van der Waals surface area contributed by atoms with Crippen LogP contribution in [0.3, 0.4) is 0 Å². The van der Waals surface area contributed by atoms with Crippen molar-refractivity contribution in [3.05, 3.63) is 46.5 Å². The van der Waals surface area contributed by atoms with Crippen LogP contribution in [0, 0.1) is 5.82 Å². The first kappa shape index (κ1) is 18.8. The Kier molecular flexibility index (Phi) is 5.41. The lowest BCUT2D eigenvalue weighted by atomic mass is 10.0. The molecule has 1 aromatic carbocycles. The predicted octanol–water partition coefficient (Wildman–Crippen LogP) is 2.19. The maximum atomic E-state index is 14.0. The first-order valence-electron chi connectivity index (χ1n) is 8.22. The lowest BCUT2D eigenvalue weighted by molar-refractivity contribution is -0.125. The molecule has 1 aromatic heterocycles. The molecule has 0 bridgehead atoms. The molecule has 0 fully saturated rings. The molecular weight excluding hydrogens is 377 g/mol. The highest BCUT2D eigenvalue weighted by Gasteiger charge is 2.32. The first-order chi connectivity index (χ1) is 12.9. The average Bonchev–Trinajstić information content (AvgIpc) is 3.28. The molecule has 0 radical (unpaired) electrons. The van der Waals surface area contributed by atoms with Gasteiger partial charge in [-0.15, -0.1) is 0 Å². The SMILES string of the molecule is CCn1cc(NC(=O)C2CC(c3c(F)cccc3Cl)=NO2)c(C(=O)NC)n1. The van der Waals surface area contributed by atoms with Crippen LogP contribution < -0.4 is 10.6 Å². The largest absolute Gasteiger partial charge is 0.382 e. The number of nitrogens with one attached hydrogen (secondary N) is 2. The van der Waals surface area contributed by atoms with Gasteiger partial charge in [-0.05, 0) is 19.1 Å². The highest BCUT2D eigenvalue weighted by molar-refractivity contribution is 6.34. The number of hydrogen-bond donors (Lipinski definition) is 2. The number of benzene rings is 1. The normalized spacial score (nSPS) is 15.9. The van der Waals surface area contributed by atoms with Crippen LogP contribution in [0.5, 0.6) is 0 Å². The Morgan fingerprint density at radius 3 is 2.89 bits per heavy atom. The van der Waals surface area contributed by atoms with Gasteiger partial charge in [-0.25, -0.2) is 4.39 Å². The summed E-state index contributed by atoms with van der Waals surface area (Å²) < 4.78 is 15.5. The Balaban J connectivity index is 1.74. The maximum Gasteiger partial charge on any atom is 0.273 e. The topological polar surface area (TPSA) is 97.6 Å². The molecule has 1 aliphatic heterocycles. The number of halogens is 2. The Bertz CT molecular complexity index is 907. The smallest absolute Gasteiger partial charge is 0.273 e. The molecule has 2 amide bonds. The third kappa shape index (κ3) is 3.77. The van der Waals surface area contributed by atoms with E-state index in [1.807, 2.05) is 6.92 Å².